The summed E-state index contributed by atoms with van der Waals surface area (Å²) in [4.78, 5) is 9.62. The van der Waals surface area contributed by atoms with Crippen molar-refractivity contribution in [3.8, 4) is 0 Å². The molecule has 1 aromatic heterocycles. The van der Waals surface area contributed by atoms with E-state index in [0.717, 1.165) is 36.5 Å². The Morgan fingerprint density at radius 1 is 1.32 bits per heavy atom. The van der Waals surface area contributed by atoms with Gasteiger partial charge in [0.15, 0.2) is 0 Å². The summed E-state index contributed by atoms with van der Waals surface area (Å²) in [5, 5.41) is 0. The first-order valence-corrected chi connectivity index (χ1v) is 7.53. The molecule has 0 atom stereocenters. The van der Waals surface area contributed by atoms with Crippen LogP contribution in [-0.2, 0) is 0 Å². The van der Waals surface area contributed by atoms with Crippen LogP contribution in [0.25, 0.3) is 0 Å². The highest BCUT2D eigenvalue weighted by Gasteiger charge is 2.32. The van der Waals surface area contributed by atoms with Crippen molar-refractivity contribution in [2.75, 3.05) is 31.1 Å². The standard InChI is InChI=1S/C13H19BrN4S/c1-13(2,12(15)19)18-7-5-17(6-8-18)11-4-3-10(14)9-16-11/h3-4,9H,5-8H2,1-2H3,(H2,15,19). The molecular formula is C13H19BrN4S. The fraction of sp³-hybridized carbons (Fsp3) is 0.538. The monoisotopic (exact) mass is 342 g/mol. The number of piperazine rings is 1. The van der Waals surface area contributed by atoms with E-state index >= 15 is 0 Å². The van der Waals surface area contributed by atoms with Crippen LogP contribution >= 0.6 is 28.1 Å². The molecule has 2 rings (SSSR count). The minimum absolute atomic E-state index is 0.214. The number of anilines is 1. The van der Waals surface area contributed by atoms with Gasteiger partial charge < -0.3 is 10.6 Å². The van der Waals surface area contributed by atoms with Crippen LogP contribution in [0.3, 0.4) is 0 Å². The molecule has 1 aliphatic rings. The molecule has 0 radical (unpaired) electrons. The van der Waals surface area contributed by atoms with Gasteiger partial charge in [0.25, 0.3) is 0 Å². The largest absolute Gasteiger partial charge is 0.392 e. The van der Waals surface area contributed by atoms with Gasteiger partial charge in [0.1, 0.15) is 5.82 Å². The van der Waals surface area contributed by atoms with Gasteiger partial charge in [-0.3, -0.25) is 4.90 Å². The number of hydrogen-bond donors (Lipinski definition) is 1. The van der Waals surface area contributed by atoms with Gasteiger partial charge in [-0.15, -0.1) is 0 Å². The van der Waals surface area contributed by atoms with Crippen molar-refractivity contribution in [2.24, 2.45) is 5.73 Å². The molecule has 1 fully saturated rings. The van der Waals surface area contributed by atoms with E-state index in [1.54, 1.807) is 0 Å². The Morgan fingerprint density at radius 2 is 1.95 bits per heavy atom. The van der Waals surface area contributed by atoms with E-state index in [0.29, 0.717) is 4.99 Å². The number of rotatable bonds is 3. The lowest BCUT2D eigenvalue weighted by molar-refractivity contribution is 0.168. The summed E-state index contributed by atoms with van der Waals surface area (Å²) >= 11 is 8.56. The lowest BCUT2D eigenvalue weighted by Gasteiger charge is -2.43. The lowest BCUT2D eigenvalue weighted by atomic mass is 10.0. The van der Waals surface area contributed by atoms with Gasteiger partial charge in [-0.1, -0.05) is 12.2 Å². The molecule has 19 heavy (non-hydrogen) atoms. The van der Waals surface area contributed by atoms with Gasteiger partial charge in [-0.2, -0.15) is 0 Å². The maximum Gasteiger partial charge on any atom is 0.128 e. The molecule has 6 heteroatoms. The van der Waals surface area contributed by atoms with Crippen LogP contribution in [0, 0.1) is 0 Å². The van der Waals surface area contributed by atoms with Crippen LogP contribution in [0.5, 0.6) is 0 Å². The molecule has 2 N–H and O–H groups in total. The molecule has 1 aliphatic heterocycles. The maximum atomic E-state index is 5.82. The molecule has 0 aromatic carbocycles. The van der Waals surface area contributed by atoms with Crippen LogP contribution in [0.1, 0.15) is 13.8 Å². The first-order chi connectivity index (χ1) is 8.91. The second-order valence-corrected chi connectivity index (χ2v) is 6.59. The Balaban J connectivity index is 1.99. The molecule has 1 saturated heterocycles. The predicted molar refractivity (Wildman–Crippen MR) is 86.6 cm³/mol. The van der Waals surface area contributed by atoms with E-state index in [4.69, 9.17) is 18.0 Å². The normalized spacial score (nSPS) is 17.5. The fourth-order valence-electron chi connectivity index (χ4n) is 2.21. The highest BCUT2D eigenvalue weighted by molar-refractivity contribution is 9.10. The van der Waals surface area contributed by atoms with Gasteiger partial charge in [0, 0.05) is 36.8 Å². The summed E-state index contributed by atoms with van der Waals surface area (Å²) in [7, 11) is 0. The van der Waals surface area contributed by atoms with Crippen LogP contribution in [0.15, 0.2) is 22.8 Å². The number of halogens is 1. The highest BCUT2D eigenvalue weighted by atomic mass is 79.9. The Labute approximate surface area is 128 Å². The second kappa shape index (κ2) is 5.73. The Morgan fingerprint density at radius 3 is 2.42 bits per heavy atom. The highest BCUT2D eigenvalue weighted by Crippen LogP contribution is 2.21. The molecule has 0 aliphatic carbocycles. The average Bonchev–Trinajstić information content (AvgIpc) is 2.39. The third kappa shape index (κ3) is 3.24. The summed E-state index contributed by atoms with van der Waals surface area (Å²) < 4.78 is 1.00. The van der Waals surface area contributed by atoms with E-state index in [9.17, 15) is 0 Å². The van der Waals surface area contributed by atoms with E-state index in [-0.39, 0.29) is 5.54 Å². The zero-order valence-electron chi connectivity index (χ0n) is 11.3. The summed E-state index contributed by atoms with van der Waals surface area (Å²) in [6, 6.07) is 4.06. The first kappa shape index (κ1) is 14.7. The topological polar surface area (TPSA) is 45.4 Å². The van der Waals surface area contributed by atoms with Gasteiger partial charge in [0.2, 0.25) is 0 Å². The van der Waals surface area contributed by atoms with Crippen molar-refractivity contribution in [3.05, 3.63) is 22.8 Å². The number of nitrogens with zero attached hydrogens (tertiary/aromatic N) is 3. The SMILES string of the molecule is CC(C)(C(N)=S)N1CCN(c2ccc(Br)cn2)CC1. The van der Waals surface area contributed by atoms with E-state index < -0.39 is 0 Å². The molecule has 0 amide bonds. The number of nitrogens with two attached hydrogens (primary N) is 1. The molecule has 0 spiro atoms. The van der Waals surface area contributed by atoms with E-state index in [1.807, 2.05) is 18.3 Å². The molecule has 0 bridgehead atoms. The molecule has 0 saturated carbocycles. The van der Waals surface area contributed by atoms with Crippen molar-refractivity contribution in [1.82, 2.24) is 9.88 Å². The van der Waals surface area contributed by atoms with Gasteiger partial charge in [0.05, 0.1) is 10.5 Å². The Kier molecular flexibility index (Phi) is 4.43. The van der Waals surface area contributed by atoms with Crippen molar-refractivity contribution < 1.29 is 0 Å². The van der Waals surface area contributed by atoms with Gasteiger partial charge >= 0.3 is 0 Å². The average molecular weight is 343 g/mol. The number of aromatic nitrogens is 1. The van der Waals surface area contributed by atoms with Crippen LogP contribution in [0.4, 0.5) is 5.82 Å². The number of pyridine rings is 1. The van der Waals surface area contributed by atoms with Crippen LogP contribution < -0.4 is 10.6 Å². The first-order valence-electron chi connectivity index (χ1n) is 6.33. The van der Waals surface area contributed by atoms with E-state index in [2.05, 4.69) is 44.6 Å². The summed E-state index contributed by atoms with van der Waals surface area (Å²) in [5.41, 5.74) is 5.61. The molecule has 1 aromatic rings. The minimum Gasteiger partial charge on any atom is -0.392 e. The molecule has 104 valence electrons. The van der Waals surface area contributed by atoms with Crippen molar-refractivity contribution in [2.45, 2.75) is 19.4 Å². The molecule has 0 unspecified atom stereocenters. The summed E-state index contributed by atoms with van der Waals surface area (Å²) in [6.45, 7) is 7.96. The molecular weight excluding hydrogens is 324 g/mol. The van der Waals surface area contributed by atoms with Gasteiger partial charge in [-0.05, 0) is 41.9 Å². The fourth-order valence-corrected chi connectivity index (χ4v) is 2.57. The Hall–Kier alpha value is -0.720. The number of thiocarbonyl (C=S) groups is 1. The summed E-state index contributed by atoms with van der Waals surface area (Å²) in [6.07, 6.45) is 1.83. The molecule has 2 heterocycles. The van der Waals surface area contributed by atoms with E-state index in [1.165, 1.54) is 0 Å². The lowest BCUT2D eigenvalue weighted by Crippen LogP contribution is -2.59. The van der Waals surface area contributed by atoms with Crippen molar-refractivity contribution in [1.29, 1.82) is 0 Å². The van der Waals surface area contributed by atoms with Crippen LogP contribution in [-0.4, -0.2) is 46.6 Å². The third-order valence-corrected chi connectivity index (χ3v) is 4.68. The third-order valence-electron chi connectivity index (χ3n) is 3.71. The smallest absolute Gasteiger partial charge is 0.128 e. The van der Waals surface area contributed by atoms with Gasteiger partial charge in [-0.25, -0.2) is 4.98 Å². The van der Waals surface area contributed by atoms with Crippen molar-refractivity contribution >= 4 is 39.0 Å². The minimum atomic E-state index is -0.214. The zero-order chi connectivity index (χ0) is 14.0. The zero-order valence-corrected chi connectivity index (χ0v) is 13.7. The van der Waals surface area contributed by atoms with Crippen molar-refractivity contribution in [3.63, 3.8) is 0 Å². The number of hydrogen-bond acceptors (Lipinski definition) is 4. The Bertz CT molecular complexity index is 452. The molecule has 4 nitrogen and oxygen atoms in total. The maximum absolute atomic E-state index is 5.82. The second-order valence-electron chi connectivity index (χ2n) is 5.23. The van der Waals surface area contributed by atoms with Crippen LogP contribution in [0.2, 0.25) is 0 Å². The predicted octanol–water partition coefficient (Wildman–Crippen LogP) is 2.03. The quantitative estimate of drug-likeness (QED) is 0.851. The summed E-state index contributed by atoms with van der Waals surface area (Å²) in [5.74, 6) is 1.02.